The van der Waals surface area contributed by atoms with Crippen LogP contribution in [-0.4, -0.2) is 42.3 Å². The quantitative estimate of drug-likeness (QED) is 0.651. The van der Waals surface area contributed by atoms with Gasteiger partial charge < -0.3 is 15.0 Å². The average molecular weight is 210 g/mol. The van der Waals surface area contributed by atoms with Crippen molar-refractivity contribution in [3.8, 4) is 0 Å². The van der Waals surface area contributed by atoms with Crippen molar-refractivity contribution in [2.75, 3.05) is 13.6 Å². The molecule has 3 rings (SSSR count). The lowest BCUT2D eigenvalue weighted by Crippen LogP contribution is -2.56. The maximum Gasteiger partial charge on any atom is 0.410 e. The summed E-state index contributed by atoms with van der Waals surface area (Å²) < 4.78 is 5.65. The second kappa shape index (κ2) is 3.11. The van der Waals surface area contributed by atoms with Gasteiger partial charge in [0.1, 0.15) is 5.60 Å². The number of carbonyl (C=O) groups is 1. The van der Waals surface area contributed by atoms with E-state index in [0.29, 0.717) is 12.1 Å². The molecule has 3 saturated heterocycles. The highest BCUT2D eigenvalue weighted by Gasteiger charge is 2.48. The topological polar surface area (TPSA) is 41.6 Å². The Morgan fingerprint density at radius 3 is 2.67 bits per heavy atom. The van der Waals surface area contributed by atoms with Gasteiger partial charge >= 0.3 is 6.09 Å². The third kappa shape index (κ3) is 1.51. The Balaban J connectivity index is 1.77. The van der Waals surface area contributed by atoms with Crippen molar-refractivity contribution in [3.63, 3.8) is 0 Å². The van der Waals surface area contributed by atoms with Crippen molar-refractivity contribution in [3.05, 3.63) is 0 Å². The number of hydrogen-bond acceptors (Lipinski definition) is 3. The van der Waals surface area contributed by atoms with Gasteiger partial charge in [-0.15, -0.1) is 0 Å². The fraction of sp³-hybridized carbons (Fsp3) is 0.909. The largest absolute Gasteiger partial charge is 0.443 e. The van der Waals surface area contributed by atoms with Crippen molar-refractivity contribution in [2.24, 2.45) is 0 Å². The fourth-order valence-corrected chi connectivity index (χ4v) is 3.27. The lowest BCUT2D eigenvalue weighted by molar-refractivity contribution is -0.0699. The Morgan fingerprint density at radius 2 is 2.07 bits per heavy atom. The minimum absolute atomic E-state index is 0.137. The van der Waals surface area contributed by atoms with Crippen LogP contribution in [0.2, 0.25) is 0 Å². The standard InChI is InChI=1S/C11H18N2O2/c1-13-5-4-11(15-10(13)14)6-8-2-3-9(7-11)12-8/h8-9,12H,2-7H2,1H3/t8-,9+,11?. The highest BCUT2D eigenvalue weighted by molar-refractivity contribution is 5.68. The monoisotopic (exact) mass is 210 g/mol. The molecule has 0 radical (unpaired) electrons. The highest BCUT2D eigenvalue weighted by atomic mass is 16.6. The Morgan fingerprint density at radius 1 is 1.40 bits per heavy atom. The predicted octanol–water partition coefficient (Wildman–Crippen LogP) is 1.11. The number of rotatable bonds is 0. The fourth-order valence-electron chi connectivity index (χ4n) is 3.27. The maximum atomic E-state index is 11.6. The molecular weight excluding hydrogens is 192 g/mol. The Labute approximate surface area is 90.0 Å². The van der Waals surface area contributed by atoms with Crippen LogP contribution in [0.3, 0.4) is 0 Å². The lowest BCUT2D eigenvalue weighted by atomic mass is 9.83. The van der Waals surface area contributed by atoms with E-state index in [0.717, 1.165) is 25.8 Å². The third-order valence-electron chi connectivity index (χ3n) is 4.09. The number of carbonyl (C=O) groups excluding carboxylic acids is 1. The molecule has 15 heavy (non-hydrogen) atoms. The van der Waals surface area contributed by atoms with Gasteiger partial charge in [-0.3, -0.25) is 0 Å². The number of piperidine rings is 1. The molecule has 0 saturated carbocycles. The molecule has 3 fully saturated rings. The summed E-state index contributed by atoms with van der Waals surface area (Å²) in [6.45, 7) is 0.846. The zero-order valence-electron chi connectivity index (χ0n) is 9.16. The van der Waals surface area contributed by atoms with Gasteiger partial charge in [0.15, 0.2) is 0 Å². The predicted molar refractivity (Wildman–Crippen MR) is 55.6 cm³/mol. The summed E-state index contributed by atoms with van der Waals surface area (Å²) in [5.41, 5.74) is -0.138. The van der Waals surface area contributed by atoms with Crippen molar-refractivity contribution >= 4 is 6.09 Å². The molecule has 1 N–H and O–H groups in total. The van der Waals surface area contributed by atoms with E-state index in [4.69, 9.17) is 4.74 Å². The molecule has 1 spiro atoms. The van der Waals surface area contributed by atoms with Crippen LogP contribution in [0.5, 0.6) is 0 Å². The first-order valence-corrected chi connectivity index (χ1v) is 5.87. The van der Waals surface area contributed by atoms with E-state index >= 15 is 0 Å². The van der Waals surface area contributed by atoms with Crippen LogP contribution in [0.1, 0.15) is 32.1 Å². The van der Waals surface area contributed by atoms with Gasteiger partial charge in [0.25, 0.3) is 0 Å². The van der Waals surface area contributed by atoms with Crippen LogP contribution in [0.4, 0.5) is 4.79 Å². The van der Waals surface area contributed by atoms with Crippen molar-refractivity contribution in [1.82, 2.24) is 10.2 Å². The van der Waals surface area contributed by atoms with E-state index in [1.807, 2.05) is 7.05 Å². The number of nitrogens with one attached hydrogen (secondary N) is 1. The molecule has 0 aromatic heterocycles. The molecule has 0 aromatic rings. The maximum absolute atomic E-state index is 11.6. The number of ether oxygens (including phenoxy) is 1. The zero-order valence-corrected chi connectivity index (χ0v) is 9.16. The van der Waals surface area contributed by atoms with E-state index in [-0.39, 0.29) is 11.7 Å². The molecule has 1 amide bonds. The van der Waals surface area contributed by atoms with Crippen molar-refractivity contribution in [1.29, 1.82) is 0 Å². The normalized spacial score (nSPS) is 44.6. The summed E-state index contributed by atoms with van der Waals surface area (Å²) in [6, 6.07) is 1.17. The van der Waals surface area contributed by atoms with E-state index in [1.165, 1.54) is 12.8 Å². The molecule has 3 heterocycles. The molecule has 0 aromatic carbocycles. The van der Waals surface area contributed by atoms with Crippen molar-refractivity contribution in [2.45, 2.75) is 49.8 Å². The first-order valence-electron chi connectivity index (χ1n) is 5.87. The Bertz CT molecular complexity index is 280. The van der Waals surface area contributed by atoms with Gasteiger partial charge in [0, 0.05) is 44.9 Å². The first kappa shape index (κ1) is 9.46. The number of fused-ring (bicyclic) bond motifs is 2. The first-order chi connectivity index (χ1) is 7.17. The molecular formula is C11H18N2O2. The Hall–Kier alpha value is -0.770. The summed E-state index contributed by atoms with van der Waals surface area (Å²) in [5, 5.41) is 3.58. The van der Waals surface area contributed by atoms with E-state index < -0.39 is 0 Å². The molecule has 2 bridgehead atoms. The highest BCUT2D eigenvalue weighted by Crippen LogP contribution is 2.40. The minimum atomic E-state index is -0.138. The van der Waals surface area contributed by atoms with Crippen LogP contribution >= 0.6 is 0 Å². The molecule has 0 aliphatic carbocycles. The number of amides is 1. The van der Waals surface area contributed by atoms with Crippen LogP contribution in [-0.2, 0) is 4.74 Å². The van der Waals surface area contributed by atoms with Crippen LogP contribution in [0.25, 0.3) is 0 Å². The summed E-state index contributed by atoms with van der Waals surface area (Å²) in [7, 11) is 1.81. The second-order valence-corrected chi connectivity index (χ2v) is 5.27. The van der Waals surface area contributed by atoms with E-state index in [2.05, 4.69) is 5.32 Å². The molecule has 84 valence electrons. The third-order valence-corrected chi connectivity index (χ3v) is 4.09. The summed E-state index contributed by atoms with van der Waals surface area (Å²) in [4.78, 5) is 13.3. The summed E-state index contributed by atoms with van der Waals surface area (Å²) in [6.07, 6.45) is 5.40. The van der Waals surface area contributed by atoms with Gasteiger partial charge in [-0.25, -0.2) is 4.79 Å². The van der Waals surface area contributed by atoms with Crippen molar-refractivity contribution < 1.29 is 9.53 Å². The van der Waals surface area contributed by atoms with Gasteiger partial charge in [-0.2, -0.15) is 0 Å². The molecule has 3 atom stereocenters. The zero-order chi connectivity index (χ0) is 10.5. The summed E-state index contributed by atoms with van der Waals surface area (Å²) >= 11 is 0. The van der Waals surface area contributed by atoms with Gasteiger partial charge in [-0.05, 0) is 12.8 Å². The van der Waals surface area contributed by atoms with Crippen LogP contribution in [0.15, 0.2) is 0 Å². The molecule has 1 unspecified atom stereocenters. The smallest absolute Gasteiger partial charge is 0.410 e. The van der Waals surface area contributed by atoms with Gasteiger partial charge in [-0.1, -0.05) is 0 Å². The van der Waals surface area contributed by atoms with Gasteiger partial charge in [0.05, 0.1) is 0 Å². The summed E-state index contributed by atoms with van der Waals surface area (Å²) in [5.74, 6) is 0. The molecule has 4 heteroatoms. The number of hydrogen-bond donors (Lipinski definition) is 1. The van der Waals surface area contributed by atoms with E-state index in [1.54, 1.807) is 4.90 Å². The average Bonchev–Trinajstić information content (AvgIpc) is 2.54. The molecule has 4 nitrogen and oxygen atoms in total. The molecule has 3 aliphatic rings. The Kier molecular flexibility index (Phi) is 1.96. The van der Waals surface area contributed by atoms with E-state index in [9.17, 15) is 4.79 Å². The second-order valence-electron chi connectivity index (χ2n) is 5.27. The van der Waals surface area contributed by atoms with Gasteiger partial charge in [0.2, 0.25) is 0 Å². The SMILES string of the molecule is CN1CCC2(C[C@H]3CC[C@@H](C2)N3)OC1=O. The molecule has 3 aliphatic heterocycles. The van der Waals surface area contributed by atoms with Crippen LogP contribution < -0.4 is 5.32 Å². The van der Waals surface area contributed by atoms with Crippen LogP contribution in [0, 0.1) is 0 Å². The lowest BCUT2D eigenvalue weighted by Gasteiger charge is -2.45. The minimum Gasteiger partial charge on any atom is -0.443 e. The number of nitrogens with zero attached hydrogens (tertiary/aromatic N) is 1.